The normalized spacial score (nSPS) is 12.4. The van der Waals surface area contributed by atoms with E-state index in [0.717, 1.165) is 5.69 Å². The minimum atomic E-state index is -0.523. The lowest BCUT2D eigenvalue weighted by Crippen LogP contribution is -2.38. The topological polar surface area (TPSA) is 49.6 Å². The highest BCUT2D eigenvalue weighted by Crippen LogP contribution is 2.12. The number of amides is 1. The van der Waals surface area contributed by atoms with Crippen molar-refractivity contribution in [2.75, 3.05) is 25.1 Å². The van der Waals surface area contributed by atoms with Crippen molar-refractivity contribution in [2.45, 2.75) is 19.9 Å². The maximum Gasteiger partial charge on any atom is 0.375 e. The number of anilines is 1. The summed E-state index contributed by atoms with van der Waals surface area (Å²) in [4.78, 5) is 25.7. The van der Waals surface area contributed by atoms with Crippen LogP contribution in [-0.2, 0) is 14.3 Å². The van der Waals surface area contributed by atoms with Crippen molar-refractivity contribution in [3.63, 3.8) is 0 Å². The van der Waals surface area contributed by atoms with Crippen molar-refractivity contribution in [3.05, 3.63) is 43.0 Å². The first kappa shape index (κ1) is 17.6. The Morgan fingerprint density at radius 3 is 2.55 bits per heavy atom. The zero-order valence-corrected chi connectivity index (χ0v) is 13.4. The molecule has 0 aliphatic rings. The van der Waals surface area contributed by atoms with E-state index in [1.165, 1.54) is 6.21 Å². The number of carbonyl (C=O) groups is 2. The molecule has 0 radical (unpaired) electrons. The monoisotopic (exact) mass is 303 g/mol. The minimum Gasteiger partial charge on any atom is -0.461 e. The molecule has 118 valence electrons. The van der Waals surface area contributed by atoms with Crippen molar-refractivity contribution in [2.24, 2.45) is 0 Å². The summed E-state index contributed by atoms with van der Waals surface area (Å²) < 4.78 is 6.51. The van der Waals surface area contributed by atoms with Crippen molar-refractivity contribution in [1.29, 1.82) is 0 Å². The van der Waals surface area contributed by atoms with Crippen molar-refractivity contribution >= 4 is 23.8 Å². The Bertz CT molecular complexity index is 552. The van der Waals surface area contributed by atoms with Gasteiger partial charge in [-0.3, -0.25) is 9.69 Å². The molecule has 0 N–H and O–H groups in total. The van der Waals surface area contributed by atoms with Crippen LogP contribution in [0.2, 0.25) is 0 Å². The van der Waals surface area contributed by atoms with Gasteiger partial charge in [-0.05, 0) is 19.1 Å². The van der Waals surface area contributed by atoms with Gasteiger partial charge in [0.2, 0.25) is 12.3 Å². The highest BCUT2D eigenvalue weighted by atomic mass is 16.5. The summed E-state index contributed by atoms with van der Waals surface area (Å²) >= 11 is 0. The molecular formula is C17H23N2O3+. The van der Waals surface area contributed by atoms with E-state index in [1.54, 1.807) is 36.4 Å². The van der Waals surface area contributed by atoms with Crippen LogP contribution in [0.15, 0.2) is 43.0 Å². The summed E-state index contributed by atoms with van der Waals surface area (Å²) in [6, 6.07) is 8.80. The molecule has 0 bridgehead atoms. The number of hydrogen-bond acceptors (Lipinski definition) is 3. The number of carbonyl (C=O) groups excluding carboxylic acids is 2. The Morgan fingerprint density at radius 1 is 1.36 bits per heavy atom. The second-order valence-corrected chi connectivity index (χ2v) is 4.80. The molecule has 0 spiro atoms. The lowest BCUT2D eigenvalue weighted by Gasteiger charge is -2.18. The molecule has 1 amide bonds. The predicted octanol–water partition coefficient (Wildman–Crippen LogP) is 1.87. The lowest BCUT2D eigenvalue weighted by atomic mass is 10.2. The molecule has 1 rings (SSSR count). The average molecular weight is 303 g/mol. The summed E-state index contributed by atoms with van der Waals surface area (Å²) in [6.07, 6.45) is 3.06. The fourth-order valence-corrected chi connectivity index (χ4v) is 1.84. The van der Waals surface area contributed by atoms with E-state index in [2.05, 4.69) is 6.58 Å². The molecule has 5 heteroatoms. The van der Waals surface area contributed by atoms with Gasteiger partial charge in [0.15, 0.2) is 0 Å². The number of nitrogens with zero attached hydrogens (tertiary/aromatic N) is 2. The third-order valence-corrected chi connectivity index (χ3v) is 3.20. The van der Waals surface area contributed by atoms with Crippen LogP contribution in [0, 0.1) is 0 Å². The van der Waals surface area contributed by atoms with Crippen LogP contribution in [0.1, 0.15) is 13.8 Å². The fraction of sp³-hybridized carbons (Fsp3) is 0.353. The van der Waals surface area contributed by atoms with Gasteiger partial charge in [-0.2, -0.15) is 0 Å². The number of rotatable bonds is 7. The first-order chi connectivity index (χ1) is 10.5. The minimum absolute atomic E-state index is 0.218. The number of likely N-dealkylation sites (N-methyl/N-ethyl adjacent to an activating group) is 1. The number of para-hydroxylation sites is 1. The van der Waals surface area contributed by atoms with Crippen LogP contribution in [0.4, 0.5) is 5.69 Å². The molecule has 0 heterocycles. The number of ether oxygens (including phenoxy) is 1. The van der Waals surface area contributed by atoms with Crippen molar-refractivity contribution in [3.8, 4) is 0 Å². The van der Waals surface area contributed by atoms with Crippen molar-refractivity contribution < 1.29 is 18.9 Å². The summed E-state index contributed by atoms with van der Waals surface area (Å²) in [6.45, 7) is 7.83. The van der Waals surface area contributed by atoms with Gasteiger partial charge in [-0.25, -0.2) is 9.37 Å². The lowest BCUT2D eigenvalue weighted by molar-refractivity contribution is -0.517. The first-order valence-electron chi connectivity index (χ1n) is 7.22. The smallest absolute Gasteiger partial charge is 0.375 e. The van der Waals surface area contributed by atoms with Crippen LogP contribution in [-0.4, -0.2) is 48.9 Å². The third kappa shape index (κ3) is 4.84. The van der Waals surface area contributed by atoms with Gasteiger partial charge in [-0.1, -0.05) is 24.3 Å². The predicted molar refractivity (Wildman–Crippen MR) is 87.3 cm³/mol. The average Bonchev–Trinajstić information content (AvgIpc) is 2.52. The Kier molecular flexibility index (Phi) is 7.02. The molecular weight excluding hydrogens is 280 g/mol. The number of hydrogen-bond donors (Lipinski definition) is 0. The van der Waals surface area contributed by atoms with Crippen LogP contribution >= 0.6 is 0 Å². The number of esters is 1. The molecule has 0 aliphatic heterocycles. The molecule has 0 saturated carbocycles. The van der Waals surface area contributed by atoms with Crippen LogP contribution in [0.5, 0.6) is 0 Å². The molecule has 1 unspecified atom stereocenters. The van der Waals surface area contributed by atoms with Crippen LogP contribution in [0.25, 0.3) is 0 Å². The SMILES string of the molecule is C=CCN(C(=O)C=[N+](C)C(C)C(=O)OCC)c1ccccc1. The van der Waals surface area contributed by atoms with Gasteiger partial charge in [0.1, 0.15) is 7.05 Å². The quantitative estimate of drug-likeness (QED) is 0.334. The van der Waals surface area contributed by atoms with Gasteiger partial charge in [-0.15, -0.1) is 6.58 Å². The zero-order valence-electron chi connectivity index (χ0n) is 13.4. The Hall–Kier alpha value is -2.43. The second-order valence-electron chi connectivity index (χ2n) is 4.80. The molecule has 22 heavy (non-hydrogen) atoms. The Morgan fingerprint density at radius 2 is 2.00 bits per heavy atom. The highest BCUT2D eigenvalue weighted by Gasteiger charge is 2.24. The summed E-state index contributed by atoms with van der Waals surface area (Å²) in [5.41, 5.74) is 0.779. The van der Waals surface area contributed by atoms with Gasteiger partial charge in [0.05, 0.1) is 6.61 Å². The van der Waals surface area contributed by atoms with Gasteiger partial charge in [0.25, 0.3) is 0 Å². The molecule has 1 aromatic carbocycles. The molecule has 1 atom stereocenters. The highest BCUT2D eigenvalue weighted by molar-refractivity contribution is 6.31. The largest absolute Gasteiger partial charge is 0.461 e. The molecule has 0 fully saturated rings. The maximum absolute atomic E-state index is 12.5. The third-order valence-electron chi connectivity index (χ3n) is 3.20. The summed E-state index contributed by atoms with van der Waals surface area (Å²) in [5.74, 6) is -0.575. The molecule has 1 aromatic rings. The molecule has 0 saturated heterocycles. The fourth-order valence-electron chi connectivity index (χ4n) is 1.84. The van der Waals surface area contributed by atoms with E-state index in [9.17, 15) is 9.59 Å². The molecule has 0 aromatic heterocycles. The molecule has 0 aliphatic carbocycles. The van der Waals surface area contributed by atoms with Crippen LogP contribution in [0.3, 0.4) is 0 Å². The van der Waals surface area contributed by atoms with Gasteiger partial charge >= 0.3 is 11.9 Å². The zero-order chi connectivity index (χ0) is 16.5. The van der Waals surface area contributed by atoms with Gasteiger partial charge < -0.3 is 4.74 Å². The van der Waals surface area contributed by atoms with E-state index in [4.69, 9.17) is 4.74 Å². The summed E-state index contributed by atoms with van der Waals surface area (Å²) in [5, 5.41) is 0. The van der Waals surface area contributed by atoms with E-state index in [1.807, 2.05) is 30.3 Å². The first-order valence-corrected chi connectivity index (χ1v) is 7.22. The number of benzene rings is 1. The van der Waals surface area contributed by atoms with Crippen molar-refractivity contribution in [1.82, 2.24) is 0 Å². The molecule has 5 nitrogen and oxygen atoms in total. The summed E-state index contributed by atoms with van der Waals surface area (Å²) in [7, 11) is 1.68. The van der Waals surface area contributed by atoms with E-state index >= 15 is 0 Å². The van der Waals surface area contributed by atoms with E-state index < -0.39 is 6.04 Å². The standard InChI is InChI=1S/C17H23N2O3/c1-5-12-19(15-10-8-7-9-11-15)16(20)13-18(4)14(3)17(21)22-6-2/h5,7-11,13-14H,1,6,12H2,2-4H3/q+1. The van der Waals surface area contributed by atoms with Crippen LogP contribution < -0.4 is 4.90 Å². The van der Waals surface area contributed by atoms with E-state index in [-0.39, 0.29) is 11.9 Å². The Balaban J connectivity index is 2.93. The van der Waals surface area contributed by atoms with E-state index in [0.29, 0.717) is 13.2 Å². The second kappa shape index (κ2) is 8.77. The maximum atomic E-state index is 12.5. The Labute approximate surface area is 131 Å². The van der Waals surface area contributed by atoms with Gasteiger partial charge in [0, 0.05) is 19.2 Å².